The van der Waals surface area contributed by atoms with Gasteiger partial charge in [-0.2, -0.15) is 0 Å². The number of H-pyrrole nitrogens is 1. The molecule has 1 aromatic heterocycles. The summed E-state index contributed by atoms with van der Waals surface area (Å²) in [6.07, 6.45) is 3.96. The van der Waals surface area contributed by atoms with Crippen LogP contribution in [0.2, 0.25) is 0 Å². The maximum absolute atomic E-state index is 12.8. The number of carbonyl (C=O) groups is 1. The van der Waals surface area contributed by atoms with Crippen LogP contribution in [0.1, 0.15) is 47.8 Å². The Morgan fingerprint density at radius 2 is 2.00 bits per heavy atom. The van der Waals surface area contributed by atoms with Crippen LogP contribution in [0, 0.1) is 0 Å². The number of carbonyl (C=O) groups excluding carboxylic acids is 1. The maximum Gasteiger partial charge on any atom is 0.251 e. The first-order chi connectivity index (χ1) is 14.7. The molecule has 0 bridgehead atoms. The Bertz CT molecular complexity index is 1080. The van der Waals surface area contributed by atoms with E-state index in [9.17, 15) is 4.79 Å². The topological polar surface area (TPSA) is 85.5 Å². The molecule has 2 aliphatic rings. The second-order valence-electron chi connectivity index (χ2n) is 7.90. The van der Waals surface area contributed by atoms with Crippen molar-refractivity contribution in [3.05, 3.63) is 47.8 Å². The van der Waals surface area contributed by atoms with Gasteiger partial charge in [0.25, 0.3) is 5.91 Å². The molecule has 7 nitrogen and oxygen atoms in total. The van der Waals surface area contributed by atoms with Gasteiger partial charge in [0, 0.05) is 23.6 Å². The molecule has 0 radical (unpaired) electrons. The Labute approximate surface area is 174 Å². The largest absolute Gasteiger partial charge is 0.497 e. The Morgan fingerprint density at radius 3 is 2.87 bits per heavy atom. The normalized spacial score (nSPS) is 20.7. The monoisotopic (exact) mass is 407 g/mol. The van der Waals surface area contributed by atoms with Gasteiger partial charge in [-0.1, -0.05) is 6.42 Å². The number of hydrogen-bond donors (Lipinski definition) is 2. The summed E-state index contributed by atoms with van der Waals surface area (Å²) >= 11 is 0. The van der Waals surface area contributed by atoms with E-state index in [0.717, 1.165) is 48.3 Å². The summed E-state index contributed by atoms with van der Waals surface area (Å²) < 4.78 is 16.4. The Hall–Kier alpha value is -3.22. The smallest absolute Gasteiger partial charge is 0.251 e. The molecule has 7 heteroatoms. The molecule has 0 spiro atoms. The molecule has 0 saturated heterocycles. The van der Waals surface area contributed by atoms with Crippen LogP contribution < -0.4 is 19.5 Å². The fourth-order valence-electron chi connectivity index (χ4n) is 4.35. The number of nitrogens with zero attached hydrogens (tertiary/aromatic N) is 1. The van der Waals surface area contributed by atoms with Crippen LogP contribution in [0.3, 0.4) is 0 Å². The van der Waals surface area contributed by atoms with E-state index in [1.54, 1.807) is 25.3 Å². The van der Waals surface area contributed by atoms with Crippen LogP contribution in [-0.2, 0) is 0 Å². The van der Waals surface area contributed by atoms with Gasteiger partial charge in [-0.15, -0.1) is 0 Å². The van der Waals surface area contributed by atoms with E-state index in [1.807, 2.05) is 18.2 Å². The minimum absolute atomic E-state index is 0.0769. The summed E-state index contributed by atoms with van der Waals surface area (Å²) in [6, 6.07) is 11.3. The zero-order chi connectivity index (χ0) is 20.5. The average molecular weight is 407 g/mol. The highest BCUT2D eigenvalue weighted by molar-refractivity contribution is 5.95. The van der Waals surface area contributed by atoms with Crippen LogP contribution in [0.25, 0.3) is 11.0 Å². The lowest BCUT2D eigenvalue weighted by Gasteiger charge is -2.29. The lowest BCUT2D eigenvalue weighted by atomic mass is 9.85. The van der Waals surface area contributed by atoms with Gasteiger partial charge >= 0.3 is 0 Å². The van der Waals surface area contributed by atoms with Crippen molar-refractivity contribution < 1.29 is 19.0 Å². The Balaban J connectivity index is 1.28. The van der Waals surface area contributed by atoms with Crippen molar-refractivity contribution in [2.45, 2.75) is 37.6 Å². The first-order valence-corrected chi connectivity index (χ1v) is 10.4. The van der Waals surface area contributed by atoms with Crippen molar-refractivity contribution in [3.63, 3.8) is 0 Å². The number of hydrogen-bond acceptors (Lipinski definition) is 5. The fraction of sp³-hybridized carbons (Fsp3) is 0.391. The van der Waals surface area contributed by atoms with Crippen LogP contribution in [0.4, 0.5) is 0 Å². The summed E-state index contributed by atoms with van der Waals surface area (Å²) in [5.41, 5.74) is 2.51. The molecule has 1 aliphatic carbocycles. The molecule has 2 N–H and O–H groups in total. The first kappa shape index (κ1) is 18.8. The molecule has 3 aromatic rings. The van der Waals surface area contributed by atoms with E-state index in [2.05, 4.69) is 10.3 Å². The lowest BCUT2D eigenvalue weighted by molar-refractivity contribution is 0.0923. The van der Waals surface area contributed by atoms with E-state index < -0.39 is 0 Å². The van der Waals surface area contributed by atoms with Gasteiger partial charge in [0.05, 0.1) is 18.1 Å². The number of methoxy groups -OCH3 is 1. The average Bonchev–Trinajstić information content (AvgIpc) is 3.22. The van der Waals surface area contributed by atoms with Crippen LogP contribution in [0.5, 0.6) is 17.2 Å². The summed E-state index contributed by atoms with van der Waals surface area (Å²) in [7, 11) is 1.66. The van der Waals surface area contributed by atoms with E-state index in [-0.39, 0.29) is 11.9 Å². The van der Waals surface area contributed by atoms with Gasteiger partial charge in [0.2, 0.25) is 0 Å². The quantitative estimate of drug-likeness (QED) is 0.687. The number of amides is 1. The van der Waals surface area contributed by atoms with Crippen molar-refractivity contribution >= 4 is 16.9 Å². The zero-order valence-corrected chi connectivity index (χ0v) is 16.9. The number of ether oxygens (including phenoxy) is 3. The molecule has 5 rings (SSSR count). The predicted octanol–water partition coefficient (Wildman–Crippen LogP) is 3.80. The highest BCUT2D eigenvalue weighted by atomic mass is 16.6. The lowest BCUT2D eigenvalue weighted by Crippen LogP contribution is -2.38. The molecule has 1 aliphatic heterocycles. The van der Waals surface area contributed by atoms with Gasteiger partial charge in [0.15, 0.2) is 11.5 Å². The molecule has 2 heterocycles. The predicted molar refractivity (Wildman–Crippen MR) is 113 cm³/mol. The molecular formula is C23H25N3O4. The van der Waals surface area contributed by atoms with E-state index in [0.29, 0.717) is 36.2 Å². The van der Waals surface area contributed by atoms with Gasteiger partial charge in [-0.05, 0) is 49.6 Å². The number of rotatable bonds is 4. The van der Waals surface area contributed by atoms with Crippen molar-refractivity contribution in [1.29, 1.82) is 0 Å². The summed E-state index contributed by atoms with van der Waals surface area (Å²) in [5.74, 6) is 3.34. The number of fused-ring (bicyclic) bond motifs is 2. The summed E-state index contributed by atoms with van der Waals surface area (Å²) in [4.78, 5) is 21.0. The SMILES string of the molecule is COc1ccc2nc(C3CCC[C@H](NC(=O)c4ccc5c(c4)OCCO5)C3)[nH]c2c1. The highest BCUT2D eigenvalue weighted by Crippen LogP contribution is 2.34. The van der Waals surface area contributed by atoms with Crippen molar-refractivity contribution in [3.8, 4) is 17.2 Å². The Kier molecular flexibility index (Phi) is 4.94. The molecule has 2 atom stereocenters. The summed E-state index contributed by atoms with van der Waals surface area (Å²) in [5, 5.41) is 3.20. The second-order valence-corrected chi connectivity index (χ2v) is 7.90. The van der Waals surface area contributed by atoms with Crippen molar-refractivity contribution in [1.82, 2.24) is 15.3 Å². The minimum Gasteiger partial charge on any atom is -0.497 e. The molecule has 1 fully saturated rings. The van der Waals surface area contributed by atoms with E-state index in [1.165, 1.54) is 0 Å². The third kappa shape index (κ3) is 3.67. The third-order valence-electron chi connectivity index (χ3n) is 5.91. The van der Waals surface area contributed by atoms with Crippen molar-refractivity contribution in [2.24, 2.45) is 0 Å². The fourth-order valence-corrected chi connectivity index (χ4v) is 4.35. The van der Waals surface area contributed by atoms with Crippen LogP contribution in [0.15, 0.2) is 36.4 Å². The highest BCUT2D eigenvalue weighted by Gasteiger charge is 2.27. The maximum atomic E-state index is 12.8. The number of aromatic amines is 1. The second kappa shape index (κ2) is 7.89. The molecule has 1 saturated carbocycles. The first-order valence-electron chi connectivity index (χ1n) is 10.4. The molecule has 1 unspecified atom stereocenters. The molecule has 30 heavy (non-hydrogen) atoms. The van der Waals surface area contributed by atoms with Gasteiger partial charge < -0.3 is 24.5 Å². The molecule has 156 valence electrons. The number of benzene rings is 2. The van der Waals surface area contributed by atoms with Crippen LogP contribution >= 0.6 is 0 Å². The molecule has 1 amide bonds. The minimum atomic E-state index is -0.0769. The number of imidazole rings is 1. The van der Waals surface area contributed by atoms with E-state index >= 15 is 0 Å². The van der Waals surface area contributed by atoms with Crippen molar-refractivity contribution in [2.75, 3.05) is 20.3 Å². The number of aromatic nitrogens is 2. The molecule has 2 aromatic carbocycles. The standard InChI is InChI=1S/C23H25N3O4/c1-28-17-6-7-18-19(13-17)26-22(25-18)14-3-2-4-16(11-14)24-23(27)15-5-8-20-21(12-15)30-10-9-29-20/h5-8,12-14,16H,2-4,9-11H2,1H3,(H,24,27)(H,25,26)/t14?,16-/m0/s1. The summed E-state index contributed by atoms with van der Waals surface area (Å²) in [6.45, 7) is 1.04. The third-order valence-corrected chi connectivity index (χ3v) is 5.91. The van der Waals surface area contributed by atoms with Gasteiger partial charge in [-0.3, -0.25) is 4.79 Å². The van der Waals surface area contributed by atoms with E-state index in [4.69, 9.17) is 19.2 Å². The van der Waals surface area contributed by atoms with Gasteiger partial charge in [-0.25, -0.2) is 4.98 Å². The Morgan fingerprint density at radius 1 is 1.13 bits per heavy atom. The number of nitrogens with one attached hydrogen (secondary N) is 2. The zero-order valence-electron chi connectivity index (χ0n) is 16.9. The van der Waals surface area contributed by atoms with Crippen LogP contribution in [-0.4, -0.2) is 42.2 Å². The van der Waals surface area contributed by atoms with Gasteiger partial charge in [0.1, 0.15) is 24.8 Å². The molecular weight excluding hydrogens is 382 g/mol.